The number of ether oxygens (including phenoxy) is 1. The lowest BCUT2D eigenvalue weighted by Gasteiger charge is -2.37. The van der Waals surface area contributed by atoms with Gasteiger partial charge in [-0.15, -0.1) is 0 Å². The number of hydrogen-bond donors (Lipinski definition) is 3. The van der Waals surface area contributed by atoms with Gasteiger partial charge in [-0.25, -0.2) is 14.8 Å². The topological polar surface area (TPSA) is 144 Å². The second-order valence-electron chi connectivity index (χ2n) is 12.5. The van der Waals surface area contributed by atoms with Crippen molar-refractivity contribution in [1.82, 2.24) is 19.5 Å². The van der Waals surface area contributed by atoms with E-state index >= 15 is 0 Å². The highest BCUT2D eigenvalue weighted by atomic mass is 35.5. The molecule has 1 saturated heterocycles. The lowest BCUT2D eigenvalue weighted by atomic mass is 9.80. The molecule has 3 aliphatic rings. The van der Waals surface area contributed by atoms with Gasteiger partial charge < -0.3 is 30.4 Å². The zero-order valence-electron chi connectivity index (χ0n) is 24.9. The highest BCUT2D eigenvalue weighted by molar-refractivity contribution is 6.30. The highest BCUT2D eigenvalue weighted by Crippen LogP contribution is 2.38. The maximum Gasteiger partial charge on any atom is 0.433 e. The predicted molar refractivity (Wildman–Crippen MR) is 168 cm³/mol. The van der Waals surface area contributed by atoms with Gasteiger partial charge in [-0.05, 0) is 68.1 Å². The van der Waals surface area contributed by atoms with Crippen molar-refractivity contribution in [2.45, 2.75) is 77.4 Å². The van der Waals surface area contributed by atoms with Gasteiger partial charge in [0.2, 0.25) is 5.95 Å². The molecule has 2 atom stereocenters. The Morgan fingerprint density at radius 1 is 1.16 bits per heavy atom. The fourth-order valence-corrected chi connectivity index (χ4v) is 6.76. The number of aromatic nitrogens is 4. The van der Waals surface area contributed by atoms with E-state index in [9.17, 15) is 9.90 Å². The molecule has 2 aromatic heterocycles. The Morgan fingerprint density at radius 2 is 1.91 bits per heavy atom. The second-order valence-corrected chi connectivity index (χ2v) is 12.9. The van der Waals surface area contributed by atoms with Crippen molar-refractivity contribution in [3.05, 3.63) is 40.7 Å². The smallest absolute Gasteiger partial charge is 0.433 e. The molecule has 1 aromatic carbocycles. The first-order valence-electron chi connectivity index (χ1n) is 15.5. The number of benzene rings is 1. The van der Waals surface area contributed by atoms with Crippen molar-refractivity contribution in [1.29, 1.82) is 0 Å². The summed E-state index contributed by atoms with van der Waals surface area (Å²) in [5.74, 6) is 3.00. The first-order chi connectivity index (χ1) is 20.8. The number of amides is 1. The molecule has 1 amide bonds. The fraction of sp³-hybridized carbons (Fsp3) is 0.581. The van der Waals surface area contributed by atoms with Crippen LogP contribution in [0.4, 0.5) is 16.6 Å². The zero-order chi connectivity index (χ0) is 30.1. The van der Waals surface area contributed by atoms with Gasteiger partial charge in [0.25, 0.3) is 0 Å². The van der Waals surface area contributed by atoms with Crippen LogP contribution in [-0.4, -0.2) is 62.4 Å². The van der Waals surface area contributed by atoms with E-state index in [0.29, 0.717) is 48.1 Å². The number of fused-ring (bicyclic) bond motifs is 1. The first-order valence-corrected chi connectivity index (χ1v) is 15.9. The predicted octanol–water partition coefficient (Wildman–Crippen LogP) is 5.87. The van der Waals surface area contributed by atoms with Gasteiger partial charge in [-0.3, -0.25) is 0 Å². The Balaban J connectivity index is 1.50. The van der Waals surface area contributed by atoms with Gasteiger partial charge in [0.15, 0.2) is 23.1 Å². The number of nitrogens with zero attached hydrogens (tertiary/aromatic N) is 6. The third-order valence-corrected chi connectivity index (χ3v) is 9.72. The molecule has 3 aromatic rings. The Kier molecular flexibility index (Phi) is 8.72. The van der Waals surface area contributed by atoms with E-state index in [1.165, 1.54) is 32.1 Å². The number of carbonyl (C=O) groups is 1. The molecule has 2 aliphatic carbocycles. The summed E-state index contributed by atoms with van der Waals surface area (Å²) < 4.78 is 8.25. The van der Waals surface area contributed by atoms with Crippen molar-refractivity contribution in [3.63, 3.8) is 0 Å². The van der Waals surface area contributed by atoms with E-state index in [1.807, 2.05) is 24.3 Å². The second kappa shape index (κ2) is 12.7. The summed E-state index contributed by atoms with van der Waals surface area (Å²) in [5.41, 5.74) is 8.46. The lowest BCUT2D eigenvalue weighted by molar-refractivity contribution is 0.0927. The van der Waals surface area contributed by atoms with Gasteiger partial charge in [-0.2, -0.15) is 9.98 Å². The summed E-state index contributed by atoms with van der Waals surface area (Å²) in [6.45, 7) is 7.05. The summed E-state index contributed by atoms with van der Waals surface area (Å²) in [4.78, 5) is 31.8. The molecule has 2 saturated carbocycles. The summed E-state index contributed by atoms with van der Waals surface area (Å²) in [6.07, 6.45) is 6.90. The third-order valence-electron chi connectivity index (χ3n) is 9.47. The highest BCUT2D eigenvalue weighted by Gasteiger charge is 2.33. The van der Waals surface area contributed by atoms with E-state index in [2.05, 4.69) is 38.6 Å². The number of halogens is 1. The molecule has 43 heavy (non-hydrogen) atoms. The quantitative estimate of drug-likeness (QED) is 0.211. The normalized spacial score (nSPS) is 24.1. The van der Waals surface area contributed by atoms with Crippen LogP contribution < -0.4 is 16.0 Å². The number of aliphatic imine (C=N–C) groups is 1. The molecule has 0 radical (unpaired) electrons. The van der Waals surface area contributed by atoms with Crippen LogP contribution in [-0.2, 0) is 11.3 Å². The van der Waals surface area contributed by atoms with Crippen LogP contribution >= 0.6 is 11.6 Å². The number of anilines is 2. The fourth-order valence-electron chi connectivity index (χ4n) is 6.63. The monoisotopic (exact) mass is 608 g/mol. The van der Waals surface area contributed by atoms with Crippen molar-refractivity contribution in [2.24, 2.45) is 28.5 Å². The van der Waals surface area contributed by atoms with Gasteiger partial charge in [0.05, 0.1) is 19.3 Å². The number of nitrogens with one attached hydrogen (secondary N) is 1. The average Bonchev–Trinajstić information content (AvgIpc) is 3.31. The zero-order valence-corrected chi connectivity index (χ0v) is 25.6. The Morgan fingerprint density at radius 3 is 2.58 bits per heavy atom. The van der Waals surface area contributed by atoms with E-state index < -0.39 is 6.09 Å². The average molecular weight is 609 g/mol. The molecule has 0 spiro atoms. The Bertz CT molecular complexity index is 1480. The van der Waals surface area contributed by atoms with E-state index in [0.717, 1.165) is 42.3 Å². The van der Waals surface area contributed by atoms with Gasteiger partial charge in [0, 0.05) is 24.2 Å². The van der Waals surface area contributed by atoms with Crippen LogP contribution in [0.5, 0.6) is 0 Å². The van der Waals surface area contributed by atoms with Gasteiger partial charge in [-0.1, -0.05) is 49.9 Å². The standard InChI is InChI=1S/C31H41ClN8O3/c1-18-6-8-20(9-7-18)16-40-25-27(34-19(2)21-4-3-5-21)36-29(26(33)35-31(41)42)37-28(25)38-30(40)39-14-15-43-17-24(39)22-10-12-23(32)13-11-22/h10-13,18-21,24H,3-9,14-17H2,1-2H3,(H2,33,35)(H,41,42)(H,34,36,37). The van der Waals surface area contributed by atoms with Crippen molar-refractivity contribution >= 4 is 46.5 Å². The van der Waals surface area contributed by atoms with Crippen LogP contribution in [0.2, 0.25) is 5.02 Å². The van der Waals surface area contributed by atoms with Crippen LogP contribution in [0, 0.1) is 17.8 Å². The molecular weight excluding hydrogens is 568 g/mol. The summed E-state index contributed by atoms with van der Waals surface area (Å²) in [7, 11) is 0. The summed E-state index contributed by atoms with van der Waals surface area (Å²) >= 11 is 6.23. The minimum Gasteiger partial charge on any atom is -0.463 e. The largest absolute Gasteiger partial charge is 0.463 e. The third kappa shape index (κ3) is 6.43. The first kappa shape index (κ1) is 29.6. The number of carboxylic acid groups (broad SMARTS) is 1. The SMILES string of the molecule is CC1CCC(Cn2c(N3CCOCC3c3ccc(Cl)cc3)nc3nc(C(N)=NC(=O)O)nc(NC(C)C4CCC4)c32)CC1. The van der Waals surface area contributed by atoms with Crippen LogP contribution in [0.15, 0.2) is 29.3 Å². The molecule has 3 fully saturated rings. The number of rotatable bonds is 8. The number of morpholine rings is 1. The van der Waals surface area contributed by atoms with Crippen molar-refractivity contribution in [2.75, 3.05) is 30.0 Å². The molecule has 4 N–H and O–H groups in total. The summed E-state index contributed by atoms with van der Waals surface area (Å²) in [6, 6.07) is 8.00. The molecule has 1 aliphatic heterocycles. The van der Waals surface area contributed by atoms with Gasteiger partial charge >= 0.3 is 6.09 Å². The minimum absolute atomic E-state index is 0.0529. The molecular formula is C31H41ClN8O3. The van der Waals surface area contributed by atoms with Gasteiger partial charge in [0.1, 0.15) is 5.52 Å². The van der Waals surface area contributed by atoms with E-state index in [1.54, 1.807) is 0 Å². The Hall–Kier alpha value is -3.44. The minimum atomic E-state index is -1.39. The summed E-state index contributed by atoms with van der Waals surface area (Å²) in [5, 5.41) is 13.6. The van der Waals surface area contributed by atoms with Crippen molar-refractivity contribution in [3.8, 4) is 0 Å². The molecule has 12 heteroatoms. The Labute approximate surface area is 256 Å². The lowest BCUT2D eigenvalue weighted by Crippen LogP contribution is -2.41. The van der Waals surface area contributed by atoms with E-state index in [4.69, 9.17) is 32.0 Å². The molecule has 6 rings (SSSR count). The molecule has 11 nitrogen and oxygen atoms in total. The van der Waals surface area contributed by atoms with Crippen LogP contribution in [0.25, 0.3) is 11.2 Å². The maximum atomic E-state index is 11.4. The van der Waals surface area contributed by atoms with Crippen LogP contribution in [0.3, 0.4) is 0 Å². The molecule has 2 unspecified atom stereocenters. The number of amidine groups is 1. The molecule has 3 heterocycles. The van der Waals surface area contributed by atoms with Crippen molar-refractivity contribution < 1.29 is 14.6 Å². The van der Waals surface area contributed by atoms with Crippen LogP contribution in [0.1, 0.15) is 76.2 Å². The number of imidazole rings is 1. The molecule has 230 valence electrons. The molecule has 0 bridgehead atoms. The maximum absolute atomic E-state index is 11.4. The number of nitrogens with two attached hydrogens (primary N) is 1. The van der Waals surface area contributed by atoms with E-state index in [-0.39, 0.29) is 23.7 Å². The number of hydrogen-bond acceptors (Lipinski definition) is 7.